The molecule has 2 N–H and O–H groups in total. The molecule has 3 aliphatic heterocycles. The van der Waals surface area contributed by atoms with E-state index in [1.54, 1.807) is 17.1 Å². The van der Waals surface area contributed by atoms with Gasteiger partial charge < -0.3 is 29.7 Å². The summed E-state index contributed by atoms with van der Waals surface area (Å²) < 4.78 is 12.9. The maximum absolute atomic E-state index is 14.8. The summed E-state index contributed by atoms with van der Waals surface area (Å²) in [4.78, 5) is 59.5. The van der Waals surface area contributed by atoms with Gasteiger partial charge in [-0.2, -0.15) is 0 Å². The fraction of sp³-hybridized carbons (Fsp3) is 0.632. The van der Waals surface area contributed by atoms with Gasteiger partial charge >= 0.3 is 5.97 Å². The van der Waals surface area contributed by atoms with Crippen LogP contribution in [-0.4, -0.2) is 93.5 Å². The van der Waals surface area contributed by atoms with Crippen LogP contribution in [0.15, 0.2) is 55.6 Å². The van der Waals surface area contributed by atoms with E-state index in [-0.39, 0.29) is 48.2 Å². The first-order valence-corrected chi connectivity index (χ1v) is 19.0. The van der Waals surface area contributed by atoms with Crippen LogP contribution in [-0.2, 0) is 28.7 Å². The SMILES string of the molecule is C=CCCC(=O)NC[C@H](OC(=O)[C@H]1[C@@H]2O[C@@]3(CC2Br)[C@@H]1C(=O)N(CCCCCCO)[C@@H]3C(=O)N(CC=C)C1CCCCC1)c1ccccc1. The number of ether oxygens (including phenoxy) is 2. The number of unbranched alkanes of at least 4 members (excludes halogenated alkanes) is 3. The standard InChI is InChI=1S/C38H52BrN3O7/c1-3-5-20-30(44)40-25-29(26-16-10-8-11-17-26)48-37(47)31-32-35(45)42(22-14-6-7-15-23-43)34(38(32)24-28(39)33(31)49-38)36(46)41(21-4-2)27-18-12-9-13-19-27/h3-4,8,10-11,16-17,27-29,31-34,43H,1-2,5-7,9,12-15,18-25H2,(H,40,44)/t28?,29-,31+,32-,33+,34+,38-/m0/s1. The summed E-state index contributed by atoms with van der Waals surface area (Å²) in [5, 5.41) is 12.2. The normalized spacial score (nSPS) is 28.2. The van der Waals surface area contributed by atoms with E-state index in [0.717, 1.165) is 50.5 Å². The number of likely N-dealkylation sites (tertiary alicyclic amines) is 1. The summed E-state index contributed by atoms with van der Waals surface area (Å²) >= 11 is 3.77. The van der Waals surface area contributed by atoms with Crippen molar-refractivity contribution in [2.75, 3.05) is 26.2 Å². The second kappa shape index (κ2) is 17.3. The number of allylic oxidation sites excluding steroid dienone is 1. The van der Waals surface area contributed by atoms with E-state index in [1.807, 2.05) is 35.2 Å². The van der Waals surface area contributed by atoms with Crippen molar-refractivity contribution in [3.05, 3.63) is 61.2 Å². The molecule has 3 saturated heterocycles. The predicted molar refractivity (Wildman–Crippen MR) is 189 cm³/mol. The van der Waals surface area contributed by atoms with Crippen LogP contribution in [0.25, 0.3) is 0 Å². The number of nitrogens with one attached hydrogen (secondary N) is 1. The zero-order chi connectivity index (χ0) is 35.0. The molecule has 0 radical (unpaired) electrons. The Bertz CT molecular complexity index is 1340. The number of nitrogens with zero attached hydrogens (tertiary/aromatic N) is 2. The lowest BCUT2D eigenvalue weighted by atomic mass is 9.70. The van der Waals surface area contributed by atoms with Gasteiger partial charge in [-0.05, 0) is 44.1 Å². The van der Waals surface area contributed by atoms with Crippen molar-refractivity contribution in [1.82, 2.24) is 15.1 Å². The number of carbonyl (C=O) groups is 4. The van der Waals surface area contributed by atoms with Gasteiger partial charge in [0, 0.05) is 37.0 Å². The molecule has 1 aromatic carbocycles. The van der Waals surface area contributed by atoms with E-state index in [4.69, 9.17) is 9.47 Å². The maximum atomic E-state index is 14.8. The minimum absolute atomic E-state index is 0.0589. The van der Waals surface area contributed by atoms with Gasteiger partial charge in [-0.1, -0.05) is 90.5 Å². The number of alkyl halides is 1. The quantitative estimate of drug-likeness (QED) is 0.0939. The molecule has 11 heteroatoms. The highest BCUT2D eigenvalue weighted by molar-refractivity contribution is 9.09. The van der Waals surface area contributed by atoms with Crippen LogP contribution >= 0.6 is 15.9 Å². The molecule has 1 aliphatic carbocycles. The molecule has 1 saturated carbocycles. The molecule has 5 rings (SSSR count). The maximum Gasteiger partial charge on any atom is 0.313 e. The Morgan fingerprint density at radius 3 is 2.53 bits per heavy atom. The van der Waals surface area contributed by atoms with Crippen LogP contribution in [0.3, 0.4) is 0 Å². The van der Waals surface area contributed by atoms with Gasteiger partial charge in [-0.15, -0.1) is 13.2 Å². The molecule has 1 spiro atoms. The highest BCUT2D eigenvalue weighted by Gasteiger charge is 2.77. The molecular weight excluding hydrogens is 690 g/mol. The predicted octanol–water partition coefficient (Wildman–Crippen LogP) is 5.00. The van der Waals surface area contributed by atoms with E-state index in [0.29, 0.717) is 38.8 Å². The first-order chi connectivity index (χ1) is 23.8. The molecule has 7 atom stereocenters. The van der Waals surface area contributed by atoms with Crippen molar-refractivity contribution in [3.8, 4) is 0 Å². The van der Waals surface area contributed by atoms with Crippen LogP contribution in [0.1, 0.15) is 88.7 Å². The monoisotopic (exact) mass is 741 g/mol. The minimum atomic E-state index is -1.18. The van der Waals surface area contributed by atoms with E-state index in [9.17, 15) is 24.3 Å². The molecule has 2 bridgehead atoms. The number of hydrogen-bond acceptors (Lipinski definition) is 7. The summed E-state index contributed by atoms with van der Waals surface area (Å²) in [5.41, 5.74) is -0.464. The zero-order valence-corrected chi connectivity index (χ0v) is 30.1. The first kappa shape index (κ1) is 37.2. The number of aliphatic hydroxyl groups excluding tert-OH is 1. The average Bonchev–Trinajstić information content (AvgIpc) is 3.71. The molecule has 49 heavy (non-hydrogen) atoms. The Morgan fingerprint density at radius 1 is 1.10 bits per heavy atom. The molecular formula is C38H52BrN3O7. The number of benzene rings is 1. The number of halogens is 1. The van der Waals surface area contributed by atoms with E-state index < -0.39 is 41.7 Å². The van der Waals surface area contributed by atoms with Gasteiger partial charge in [0.15, 0.2) is 0 Å². The molecule has 10 nitrogen and oxygen atoms in total. The molecule has 4 fully saturated rings. The van der Waals surface area contributed by atoms with Gasteiger partial charge in [-0.25, -0.2) is 0 Å². The Balaban J connectivity index is 1.44. The fourth-order valence-electron chi connectivity index (χ4n) is 8.42. The van der Waals surface area contributed by atoms with Crippen molar-refractivity contribution in [3.63, 3.8) is 0 Å². The average molecular weight is 743 g/mol. The fourth-order valence-corrected chi connectivity index (χ4v) is 9.36. The number of rotatable bonds is 18. The smallest absolute Gasteiger partial charge is 0.313 e. The lowest BCUT2D eigenvalue weighted by molar-refractivity contribution is -0.160. The third kappa shape index (κ3) is 7.99. The van der Waals surface area contributed by atoms with Crippen LogP contribution in [0.5, 0.6) is 0 Å². The van der Waals surface area contributed by atoms with Gasteiger partial charge in [0.2, 0.25) is 17.7 Å². The number of amides is 3. The second-order valence-electron chi connectivity index (χ2n) is 13.9. The number of aliphatic hydroxyl groups is 1. The third-order valence-electron chi connectivity index (χ3n) is 10.7. The number of esters is 1. The summed E-state index contributed by atoms with van der Waals surface area (Å²) in [7, 11) is 0. The second-order valence-corrected chi connectivity index (χ2v) is 15.0. The summed E-state index contributed by atoms with van der Waals surface area (Å²) in [5.74, 6) is -2.94. The van der Waals surface area contributed by atoms with Crippen molar-refractivity contribution >= 4 is 39.6 Å². The van der Waals surface area contributed by atoms with Gasteiger partial charge in [0.05, 0.1) is 24.5 Å². The topological polar surface area (TPSA) is 125 Å². The molecule has 3 amide bonds. The lowest BCUT2D eigenvalue weighted by Gasteiger charge is -2.41. The third-order valence-corrected chi connectivity index (χ3v) is 11.6. The molecule has 1 aromatic rings. The van der Waals surface area contributed by atoms with Crippen LogP contribution in [0.4, 0.5) is 0 Å². The van der Waals surface area contributed by atoms with Gasteiger partial charge in [0.1, 0.15) is 17.7 Å². The van der Waals surface area contributed by atoms with Crippen LogP contribution < -0.4 is 5.32 Å². The summed E-state index contributed by atoms with van der Waals surface area (Å²) in [6.45, 7) is 8.54. The van der Waals surface area contributed by atoms with Crippen LogP contribution in [0, 0.1) is 11.8 Å². The highest BCUT2D eigenvalue weighted by Crippen LogP contribution is 2.60. The summed E-state index contributed by atoms with van der Waals surface area (Å²) in [6, 6.07) is 8.42. The lowest BCUT2D eigenvalue weighted by Crippen LogP contribution is -2.58. The van der Waals surface area contributed by atoms with Crippen molar-refractivity contribution in [2.24, 2.45) is 11.8 Å². The van der Waals surface area contributed by atoms with E-state index in [2.05, 4.69) is 34.4 Å². The molecule has 1 unspecified atom stereocenters. The van der Waals surface area contributed by atoms with E-state index >= 15 is 0 Å². The number of hydrogen-bond donors (Lipinski definition) is 2. The molecule has 268 valence electrons. The molecule has 4 aliphatic rings. The Labute approximate surface area is 298 Å². The Hall–Kier alpha value is -3.02. The first-order valence-electron chi connectivity index (χ1n) is 18.0. The minimum Gasteiger partial charge on any atom is -0.455 e. The van der Waals surface area contributed by atoms with Gasteiger partial charge in [0.25, 0.3) is 0 Å². The largest absolute Gasteiger partial charge is 0.455 e. The number of fused-ring (bicyclic) bond motifs is 1. The molecule has 0 aromatic heterocycles. The zero-order valence-electron chi connectivity index (χ0n) is 28.5. The van der Waals surface area contributed by atoms with Crippen molar-refractivity contribution < 1.29 is 33.8 Å². The molecule has 3 heterocycles. The Kier molecular flexibility index (Phi) is 13.1. The Morgan fingerprint density at radius 2 is 1.84 bits per heavy atom. The van der Waals surface area contributed by atoms with Crippen molar-refractivity contribution in [2.45, 2.75) is 112 Å². The summed E-state index contributed by atoms with van der Waals surface area (Å²) in [6.07, 6.45) is 11.2. The highest BCUT2D eigenvalue weighted by atomic mass is 79.9. The number of carbonyl (C=O) groups excluding carboxylic acids is 4. The van der Waals surface area contributed by atoms with E-state index in [1.165, 1.54) is 0 Å². The van der Waals surface area contributed by atoms with Gasteiger partial charge in [-0.3, -0.25) is 19.2 Å². The van der Waals surface area contributed by atoms with Crippen molar-refractivity contribution in [1.29, 1.82) is 0 Å². The van der Waals surface area contributed by atoms with Crippen LogP contribution in [0.2, 0.25) is 0 Å².